The zero-order valence-corrected chi connectivity index (χ0v) is 12.3. The summed E-state index contributed by atoms with van der Waals surface area (Å²) in [6.07, 6.45) is 11.2. The van der Waals surface area contributed by atoms with Crippen molar-refractivity contribution in [2.45, 2.75) is 83.3 Å². The fraction of sp³-hybridized carbons (Fsp3) is 1.00. The Hall–Kier alpha value is -0.0800. The first kappa shape index (κ1) is 14.3. The first-order valence-corrected chi connectivity index (χ1v) is 8.12. The van der Waals surface area contributed by atoms with E-state index in [1.807, 2.05) is 0 Å². The molecule has 18 heavy (non-hydrogen) atoms. The highest BCUT2D eigenvalue weighted by Crippen LogP contribution is 2.41. The third-order valence-corrected chi connectivity index (χ3v) is 5.23. The predicted molar refractivity (Wildman–Crippen MR) is 76.7 cm³/mol. The Kier molecular flexibility index (Phi) is 5.08. The number of likely N-dealkylation sites (tertiary alicyclic amines) is 1. The first-order valence-electron chi connectivity index (χ1n) is 8.12. The second kappa shape index (κ2) is 6.38. The topological polar surface area (TPSA) is 23.5 Å². The molecule has 2 nitrogen and oxygen atoms in total. The van der Waals surface area contributed by atoms with Crippen LogP contribution >= 0.6 is 0 Å². The molecule has 1 aliphatic heterocycles. The lowest BCUT2D eigenvalue weighted by atomic mass is 9.82. The molecular weight excluding hydrogens is 222 g/mol. The van der Waals surface area contributed by atoms with E-state index < -0.39 is 0 Å². The summed E-state index contributed by atoms with van der Waals surface area (Å²) in [6, 6.07) is 0. The summed E-state index contributed by atoms with van der Waals surface area (Å²) in [5.74, 6) is 0.671. The van der Waals surface area contributed by atoms with Gasteiger partial charge >= 0.3 is 0 Å². The molecule has 2 unspecified atom stereocenters. The zero-order chi connectivity index (χ0) is 13.0. The van der Waals surface area contributed by atoms with Gasteiger partial charge in [-0.2, -0.15) is 0 Å². The van der Waals surface area contributed by atoms with Gasteiger partial charge in [0.05, 0.1) is 6.10 Å². The molecule has 2 heteroatoms. The van der Waals surface area contributed by atoms with Gasteiger partial charge in [0.25, 0.3) is 0 Å². The van der Waals surface area contributed by atoms with Gasteiger partial charge < -0.3 is 5.11 Å². The summed E-state index contributed by atoms with van der Waals surface area (Å²) >= 11 is 0. The summed E-state index contributed by atoms with van der Waals surface area (Å²) < 4.78 is 0. The summed E-state index contributed by atoms with van der Waals surface area (Å²) in [5, 5.41) is 10.8. The van der Waals surface area contributed by atoms with Crippen LogP contribution in [0.3, 0.4) is 0 Å². The molecule has 1 saturated carbocycles. The van der Waals surface area contributed by atoms with Crippen LogP contribution < -0.4 is 0 Å². The van der Waals surface area contributed by atoms with Crippen molar-refractivity contribution in [1.82, 2.24) is 4.90 Å². The van der Waals surface area contributed by atoms with Gasteiger partial charge in [0.15, 0.2) is 0 Å². The molecule has 2 rings (SSSR count). The summed E-state index contributed by atoms with van der Waals surface area (Å²) in [4.78, 5) is 2.63. The summed E-state index contributed by atoms with van der Waals surface area (Å²) in [6.45, 7) is 6.99. The molecule has 1 N–H and O–H groups in total. The van der Waals surface area contributed by atoms with Gasteiger partial charge in [0, 0.05) is 5.54 Å². The molecule has 0 radical (unpaired) electrons. The minimum absolute atomic E-state index is 0.0975. The molecule has 2 aliphatic rings. The van der Waals surface area contributed by atoms with E-state index in [-0.39, 0.29) is 11.6 Å². The fourth-order valence-electron chi connectivity index (χ4n) is 4.22. The van der Waals surface area contributed by atoms with Crippen LogP contribution in [0.5, 0.6) is 0 Å². The van der Waals surface area contributed by atoms with Crippen LogP contribution in [0, 0.1) is 5.92 Å². The molecule has 0 spiro atoms. The van der Waals surface area contributed by atoms with Crippen molar-refractivity contribution in [3.8, 4) is 0 Å². The standard InChI is InChI=1S/C16H31NO/c1-3-8-14(2)13-15(18)16(9-4-5-10-16)17-11-6-7-12-17/h14-15,18H,3-13H2,1-2H3. The maximum atomic E-state index is 10.8. The van der Waals surface area contributed by atoms with E-state index in [0.29, 0.717) is 5.92 Å². The van der Waals surface area contributed by atoms with Crippen LogP contribution in [0.25, 0.3) is 0 Å². The zero-order valence-electron chi connectivity index (χ0n) is 12.3. The molecule has 0 aromatic heterocycles. The van der Waals surface area contributed by atoms with Crippen LogP contribution in [0.4, 0.5) is 0 Å². The van der Waals surface area contributed by atoms with E-state index in [2.05, 4.69) is 18.7 Å². The maximum absolute atomic E-state index is 10.8. The number of aliphatic hydroxyl groups is 1. The van der Waals surface area contributed by atoms with E-state index >= 15 is 0 Å². The minimum atomic E-state index is -0.0975. The van der Waals surface area contributed by atoms with Crippen LogP contribution in [0.1, 0.15) is 71.6 Å². The molecule has 0 aromatic rings. The van der Waals surface area contributed by atoms with Crippen LogP contribution in [-0.2, 0) is 0 Å². The van der Waals surface area contributed by atoms with Crippen LogP contribution in [0.15, 0.2) is 0 Å². The Morgan fingerprint density at radius 3 is 2.28 bits per heavy atom. The summed E-state index contributed by atoms with van der Waals surface area (Å²) in [7, 11) is 0. The van der Waals surface area contributed by atoms with Crippen LogP contribution in [-0.4, -0.2) is 34.7 Å². The Bertz CT molecular complexity index is 241. The van der Waals surface area contributed by atoms with Crippen molar-refractivity contribution in [2.24, 2.45) is 5.92 Å². The molecule has 2 atom stereocenters. The quantitative estimate of drug-likeness (QED) is 0.782. The van der Waals surface area contributed by atoms with Crippen molar-refractivity contribution in [2.75, 3.05) is 13.1 Å². The molecule has 1 heterocycles. The van der Waals surface area contributed by atoms with Crippen molar-refractivity contribution in [1.29, 1.82) is 0 Å². The van der Waals surface area contributed by atoms with Gasteiger partial charge in [-0.1, -0.05) is 39.5 Å². The number of aliphatic hydroxyl groups excluding tert-OH is 1. The van der Waals surface area contributed by atoms with E-state index in [1.165, 1.54) is 64.5 Å². The number of hydrogen-bond acceptors (Lipinski definition) is 2. The highest BCUT2D eigenvalue weighted by Gasteiger charge is 2.46. The average Bonchev–Trinajstić information content (AvgIpc) is 3.01. The van der Waals surface area contributed by atoms with Gasteiger partial charge in [0.2, 0.25) is 0 Å². The van der Waals surface area contributed by atoms with E-state index in [1.54, 1.807) is 0 Å². The maximum Gasteiger partial charge on any atom is 0.0726 e. The van der Waals surface area contributed by atoms with Gasteiger partial charge in [-0.15, -0.1) is 0 Å². The highest BCUT2D eigenvalue weighted by molar-refractivity contribution is 5.01. The van der Waals surface area contributed by atoms with Crippen LogP contribution in [0.2, 0.25) is 0 Å². The average molecular weight is 253 g/mol. The second-order valence-corrected chi connectivity index (χ2v) is 6.65. The SMILES string of the molecule is CCCC(C)CC(O)C1(N2CCCC2)CCCC1. The van der Waals surface area contributed by atoms with E-state index in [0.717, 1.165) is 6.42 Å². The molecule has 1 saturated heterocycles. The summed E-state index contributed by atoms with van der Waals surface area (Å²) in [5.41, 5.74) is 0.151. The third kappa shape index (κ3) is 2.91. The van der Waals surface area contributed by atoms with Crippen molar-refractivity contribution in [3.63, 3.8) is 0 Å². The van der Waals surface area contributed by atoms with Crippen molar-refractivity contribution in [3.05, 3.63) is 0 Å². The number of nitrogens with zero attached hydrogens (tertiary/aromatic N) is 1. The van der Waals surface area contributed by atoms with Crippen molar-refractivity contribution < 1.29 is 5.11 Å². The lowest BCUT2D eigenvalue weighted by Crippen LogP contribution is -2.54. The minimum Gasteiger partial charge on any atom is -0.391 e. The Morgan fingerprint density at radius 2 is 1.72 bits per heavy atom. The Balaban J connectivity index is 1.99. The molecule has 0 aromatic carbocycles. The Labute approximate surface area is 113 Å². The second-order valence-electron chi connectivity index (χ2n) is 6.65. The Morgan fingerprint density at radius 1 is 1.11 bits per heavy atom. The largest absolute Gasteiger partial charge is 0.391 e. The fourth-order valence-corrected chi connectivity index (χ4v) is 4.22. The van der Waals surface area contributed by atoms with Gasteiger partial charge in [-0.3, -0.25) is 4.90 Å². The predicted octanol–water partition coefficient (Wildman–Crippen LogP) is 3.58. The number of rotatable bonds is 6. The first-order chi connectivity index (χ1) is 8.69. The van der Waals surface area contributed by atoms with E-state index in [4.69, 9.17) is 0 Å². The molecular formula is C16H31NO. The monoisotopic (exact) mass is 253 g/mol. The van der Waals surface area contributed by atoms with Crippen molar-refractivity contribution >= 4 is 0 Å². The molecule has 0 amide bonds. The highest BCUT2D eigenvalue weighted by atomic mass is 16.3. The van der Waals surface area contributed by atoms with Gasteiger partial charge in [0.1, 0.15) is 0 Å². The number of hydrogen-bond donors (Lipinski definition) is 1. The third-order valence-electron chi connectivity index (χ3n) is 5.23. The molecule has 106 valence electrons. The smallest absolute Gasteiger partial charge is 0.0726 e. The molecule has 0 bridgehead atoms. The normalized spacial score (nSPS) is 27.5. The van der Waals surface area contributed by atoms with Gasteiger partial charge in [-0.05, 0) is 51.1 Å². The van der Waals surface area contributed by atoms with Gasteiger partial charge in [-0.25, -0.2) is 0 Å². The molecule has 2 fully saturated rings. The lowest BCUT2D eigenvalue weighted by Gasteiger charge is -2.43. The lowest BCUT2D eigenvalue weighted by molar-refractivity contribution is -0.0295. The van der Waals surface area contributed by atoms with E-state index in [9.17, 15) is 5.11 Å². The molecule has 1 aliphatic carbocycles.